The van der Waals surface area contributed by atoms with E-state index in [2.05, 4.69) is 22.1 Å². The maximum Gasteiger partial charge on any atom is 0.266 e. The number of anilines is 2. The third kappa shape index (κ3) is 4.23. The fraction of sp³-hybridized carbons (Fsp3) is 0.0435. The van der Waals surface area contributed by atoms with Crippen molar-refractivity contribution in [3.8, 4) is 0 Å². The second-order valence-electron chi connectivity index (χ2n) is 6.93. The Hall–Kier alpha value is -3.62. The van der Waals surface area contributed by atoms with Crippen molar-refractivity contribution < 1.29 is 13.2 Å². The van der Waals surface area contributed by atoms with E-state index >= 15 is 0 Å². The first-order chi connectivity index (χ1) is 15.4. The van der Waals surface area contributed by atoms with Crippen LogP contribution in [0.2, 0.25) is 5.02 Å². The number of rotatable bonds is 7. The van der Waals surface area contributed by atoms with Crippen molar-refractivity contribution in [2.75, 3.05) is 16.2 Å². The molecule has 1 aromatic heterocycles. The van der Waals surface area contributed by atoms with Gasteiger partial charge in [0, 0.05) is 16.6 Å². The molecule has 0 aliphatic carbocycles. The molecule has 1 amide bonds. The number of hydrogen-bond acceptors (Lipinski definition) is 4. The molecular weight excluding hydrogens is 448 g/mol. The van der Waals surface area contributed by atoms with Crippen LogP contribution >= 0.6 is 11.6 Å². The Bertz CT molecular complexity index is 1400. The highest BCUT2D eigenvalue weighted by Gasteiger charge is 2.27. The number of benzene rings is 3. The molecule has 0 saturated heterocycles. The second kappa shape index (κ2) is 8.86. The van der Waals surface area contributed by atoms with E-state index in [0.29, 0.717) is 11.4 Å². The van der Waals surface area contributed by atoms with Gasteiger partial charge in [0.2, 0.25) is 0 Å². The predicted octanol–water partition coefficient (Wildman–Crippen LogP) is 4.85. The van der Waals surface area contributed by atoms with Crippen molar-refractivity contribution in [3.05, 3.63) is 96.2 Å². The molecule has 4 aromatic rings. The number of aromatic amines is 1. The monoisotopic (exact) mass is 466 g/mol. The first kappa shape index (κ1) is 21.6. The van der Waals surface area contributed by atoms with Gasteiger partial charge in [-0.15, -0.1) is 6.58 Å². The Morgan fingerprint density at radius 1 is 1.12 bits per heavy atom. The molecule has 0 aliphatic heterocycles. The molecule has 9 heteroatoms. The smallest absolute Gasteiger partial charge is 0.266 e. The molecule has 0 aliphatic rings. The first-order valence-corrected chi connectivity index (χ1v) is 11.4. The van der Waals surface area contributed by atoms with Crippen LogP contribution in [0.4, 0.5) is 11.4 Å². The normalized spacial score (nSPS) is 11.3. The Balaban J connectivity index is 1.67. The molecule has 0 fully saturated rings. The fourth-order valence-corrected chi connectivity index (χ4v) is 5.18. The number of sulfonamides is 1. The summed E-state index contributed by atoms with van der Waals surface area (Å²) in [5.41, 5.74) is 2.02. The molecular formula is C23H19ClN4O3S. The van der Waals surface area contributed by atoms with E-state index in [-0.39, 0.29) is 22.0 Å². The minimum atomic E-state index is -4.06. The topological polar surface area (TPSA) is 95.2 Å². The third-order valence-corrected chi connectivity index (χ3v) is 7.07. The van der Waals surface area contributed by atoms with Crippen molar-refractivity contribution >= 4 is 49.8 Å². The number of nitrogens with zero attached hydrogens (tertiary/aromatic N) is 2. The van der Waals surface area contributed by atoms with Crippen LogP contribution in [0.5, 0.6) is 0 Å². The van der Waals surface area contributed by atoms with Crippen LogP contribution in [-0.4, -0.2) is 31.1 Å². The Kier molecular flexibility index (Phi) is 5.98. The summed E-state index contributed by atoms with van der Waals surface area (Å²) in [5, 5.41) is 10.4. The number of para-hydroxylation sites is 1. The van der Waals surface area contributed by atoms with E-state index in [0.717, 1.165) is 10.9 Å². The van der Waals surface area contributed by atoms with E-state index in [1.165, 1.54) is 28.6 Å². The van der Waals surface area contributed by atoms with Crippen LogP contribution in [-0.2, 0) is 10.0 Å². The molecule has 0 atom stereocenters. The lowest BCUT2D eigenvalue weighted by Crippen LogP contribution is -2.31. The summed E-state index contributed by atoms with van der Waals surface area (Å²) in [6, 6.07) is 18.1. The van der Waals surface area contributed by atoms with Crippen LogP contribution in [0, 0.1) is 0 Å². The van der Waals surface area contributed by atoms with Crippen LogP contribution in [0.25, 0.3) is 10.9 Å². The lowest BCUT2D eigenvalue weighted by Gasteiger charge is -2.24. The van der Waals surface area contributed by atoms with Gasteiger partial charge in [0.1, 0.15) is 4.90 Å². The van der Waals surface area contributed by atoms with Crippen molar-refractivity contribution in [3.63, 3.8) is 0 Å². The zero-order valence-corrected chi connectivity index (χ0v) is 18.4. The number of amides is 1. The average Bonchev–Trinajstić information content (AvgIpc) is 3.26. The molecule has 0 unspecified atom stereocenters. The maximum atomic E-state index is 13.4. The quantitative estimate of drug-likeness (QED) is 0.380. The van der Waals surface area contributed by atoms with Gasteiger partial charge in [-0.2, -0.15) is 5.10 Å². The first-order valence-electron chi connectivity index (χ1n) is 9.63. The zero-order valence-electron chi connectivity index (χ0n) is 16.8. The molecule has 2 N–H and O–H groups in total. The van der Waals surface area contributed by atoms with Crippen molar-refractivity contribution in [1.29, 1.82) is 0 Å². The molecule has 0 radical (unpaired) electrons. The molecule has 7 nitrogen and oxygen atoms in total. The van der Waals surface area contributed by atoms with Crippen molar-refractivity contribution in [1.82, 2.24) is 10.2 Å². The Morgan fingerprint density at radius 3 is 2.66 bits per heavy atom. The van der Waals surface area contributed by atoms with E-state index in [9.17, 15) is 13.2 Å². The highest BCUT2D eigenvalue weighted by atomic mass is 35.5. The summed E-state index contributed by atoms with van der Waals surface area (Å²) in [7, 11) is -4.06. The molecule has 1 heterocycles. The number of aromatic nitrogens is 2. The van der Waals surface area contributed by atoms with Crippen LogP contribution in [0.3, 0.4) is 0 Å². The van der Waals surface area contributed by atoms with Gasteiger partial charge in [-0.25, -0.2) is 8.42 Å². The zero-order chi connectivity index (χ0) is 22.7. The molecule has 0 spiro atoms. The summed E-state index contributed by atoms with van der Waals surface area (Å²) in [4.78, 5) is 12.7. The molecule has 32 heavy (non-hydrogen) atoms. The SMILES string of the molecule is C=CCN(c1ccccc1)S(=O)(=O)c1cc(C(=O)Nc2ccc3[nH]ncc3c2)ccc1Cl. The Morgan fingerprint density at radius 2 is 1.91 bits per heavy atom. The van der Waals surface area contributed by atoms with Gasteiger partial charge in [0.15, 0.2) is 0 Å². The number of halogens is 1. The summed E-state index contributed by atoms with van der Waals surface area (Å²) in [6.45, 7) is 3.70. The average molecular weight is 467 g/mol. The standard InChI is InChI=1S/C23H19ClN4O3S/c1-2-12-28(19-6-4-3-5-7-19)32(30,31)22-14-16(8-10-20(22)24)23(29)26-18-9-11-21-17(13-18)15-25-27-21/h2-11,13-15H,1,12H2,(H,25,27)(H,26,29). The molecule has 3 aromatic carbocycles. The van der Waals surface area contributed by atoms with Gasteiger partial charge in [-0.05, 0) is 48.5 Å². The summed E-state index contributed by atoms with van der Waals surface area (Å²) < 4.78 is 28.1. The molecule has 4 rings (SSSR count). The number of H-pyrrole nitrogens is 1. The summed E-state index contributed by atoms with van der Waals surface area (Å²) in [5.74, 6) is -0.462. The highest BCUT2D eigenvalue weighted by Crippen LogP contribution is 2.30. The number of carbonyl (C=O) groups is 1. The lowest BCUT2D eigenvalue weighted by molar-refractivity contribution is 0.102. The number of fused-ring (bicyclic) bond motifs is 1. The van der Waals surface area contributed by atoms with Gasteiger partial charge < -0.3 is 5.32 Å². The Labute approximate surface area is 190 Å². The minimum Gasteiger partial charge on any atom is -0.322 e. The van der Waals surface area contributed by atoms with Crippen molar-refractivity contribution in [2.24, 2.45) is 0 Å². The maximum absolute atomic E-state index is 13.4. The third-order valence-electron chi connectivity index (χ3n) is 4.80. The summed E-state index contributed by atoms with van der Waals surface area (Å²) >= 11 is 6.26. The number of nitrogens with one attached hydrogen (secondary N) is 2. The van der Waals surface area contributed by atoms with E-state index in [4.69, 9.17) is 11.6 Å². The fourth-order valence-electron chi connectivity index (χ4n) is 3.24. The van der Waals surface area contributed by atoms with Crippen molar-refractivity contribution in [2.45, 2.75) is 4.90 Å². The summed E-state index contributed by atoms with van der Waals surface area (Å²) in [6.07, 6.45) is 3.14. The minimum absolute atomic E-state index is 0.0198. The van der Waals surface area contributed by atoms with Crippen LogP contribution in [0.1, 0.15) is 10.4 Å². The predicted molar refractivity (Wildman–Crippen MR) is 127 cm³/mol. The highest BCUT2D eigenvalue weighted by molar-refractivity contribution is 7.93. The van der Waals surface area contributed by atoms with Gasteiger partial charge in [0.05, 0.1) is 29.0 Å². The van der Waals surface area contributed by atoms with Crippen LogP contribution < -0.4 is 9.62 Å². The van der Waals surface area contributed by atoms with Gasteiger partial charge in [0.25, 0.3) is 15.9 Å². The second-order valence-corrected chi connectivity index (χ2v) is 9.17. The van der Waals surface area contributed by atoms with Gasteiger partial charge in [-0.3, -0.25) is 14.2 Å². The number of hydrogen-bond donors (Lipinski definition) is 2. The van der Waals surface area contributed by atoms with E-state index in [1.54, 1.807) is 54.7 Å². The van der Waals surface area contributed by atoms with Gasteiger partial charge in [-0.1, -0.05) is 35.9 Å². The number of carbonyl (C=O) groups excluding carboxylic acids is 1. The van der Waals surface area contributed by atoms with E-state index < -0.39 is 15.9 Å². The van der Waals surface area contributed by atoms with Gasteiger partial charge >= 0.3 is 0 Å². The lowest BCUT2D eigenvalue weighted by atomic mass is 10.2. The molecule has 0 saturated carbocycles. The largest absolute Gasteiger partial charge is 0.322 e. The van der Waals surface area contributed by atoms with E-state index in [1.807, 2.05) is 0 Å². The molecule has 162 valence electrons. The molecule has 0 bridgehead atoms. The van der Waals surface area contributed by atoms with Crippen LogP contribution in [0.15, 0.2) is 90.5 Å².